The number of rotatable bonds is 4. The van der Waals surface area contributed by atoms with Crippen LogP contribution in [0.15, 0.2) is 6.07 Å². The van der Waals surface area contributed by atoms with Gasteiger partial charge >= 0.3 is 5.82 Å². The van der Waals surface area contributed by atoms with Crippen LogP contribution >= 0.6 is 0 Å². The van der Waals surface area contributed by atoms with Crippen LogP contribution in [-0.2, 0) is 6.54 Å². The summed E-state index contributed by atoms with van der Waals surface area (Å²) in [6, 6.07) is 0.997. The lowest BCUT2D eigenvalue weighted by Gasteiger charge is -2.08. The third kappa shape index (κ3) is 2.22. The second kappa shape index (κ2) is 4.79. The minimum absolute atomic E-state index is 0.0165. The summed E-state index contributed by atoms with van der Waals surface area (Å²) in [5, 5.41) is 10.6. The molecule has 8 heteroatoms. The number of halogens is 2. The molecular formula is C8H9F2N3O3. The fourth-order valence-corrected chi connectivity index (χ4v) is 1.19. The number of aromatic nitrogens is 1. The largest absolute Gasteiger partial charge is 0.489 e. The van der Waals surface area contributed by atoms with Crippen molar-refractivity contribution in [3.8, 4) is 5.75 Å². The summed E-state index contributed by atoms with van der Waals surface area (Å²) >= 11 is 0. The summed E-state index contributed by atoms with van der Waals surface area (Å²) in [6.45, 7) is -0.162. The van der Waals surface area contributed by atoms with Gasteiger partial charge in [0.05, 0.1) is 19.2 Å². The SMILES string of the molecule is COc1c(C(F)F)cc(CN)nc1[N+](=O)[O-]. The highest BCUT2D eigenvalue weighted by atomic mass is 19.3. The van der Waals surface area contributed by atoms with Gasteiger partial charge in [-0.25, -0.2) is 8.78 Å². The number of nitrogens with two attached hydrogens (primary N) is 1. The summed E-state index contributed by atoms with van der Waals surface area (Å²) in [5.41, 5.74) is 4.65. The molecule has 0 atom stereocenters. The second-order valence-corrected chi connectivity index (χ2v) is 2.82. The summed E-state index contributed by atoms with van der Waals surface area (Å²) in [5.74, 6) is -1.28. The highest BCUT2D eigenvalue weighted by molar-refractivity contribution is 5.48. The number of alkyl halides is 2. The van der Waals surface area contributed by atoms with E-state index in [2.05, 4.69) is 9.72 Å². The fourth-order valence-electron chi connectivity index (χ4n) is 1.19. The summed E-state index contributed by atoms with van der Waals surface area (Å²) in [4.78, 5) is 13.2. The third-order valence-corrected chi connectivity index (χ3v) is 1.86. The summed E-state index contributed by atoms with van der Waals surface area (Å²) in [6.07, 6.45) is -2.89. The van der Waals surface area contributed by atoms with E-state index in [1.54, 1.807) is 0 Å². The predicted molar refractivity (Wildman–Crippen MR) is 50.3 cm³/mol. The molecule has 2 N–H and O–H groups in total. The first-order chi connectivity index (χ1) is 7.51. The molecule has 1 rings (SSSR count). The Balaban J connectivity index is 3.46. The lowest BCUT2D eigenvalue weighted by atomic mass is 10.2. The van der Waals surface area contributed by atoms with Crippen molar-refractivity contribution in [2.24, 2.45) is 5.73 Å². The zero-order valence-corrected chi connectivity index (χ0v) is 8.31. The average molecular weight is 233 g/mol. The Bertz CT molecular complexity index is 412. The molecule has 1 aromatic heterocycles. The first-order valence-corrected chi connectivity index (χ1v) is 4.21. The Morgan fingerprint density at radius 1 is 1.69 bits per heavy atom. The summed E-state index contributed by atoms with van der Waals surface area (Å²) < 4.78 is 29.8. The molecule has 0 saturated carbocycles. The molecule has 1 heterocycles. The van der Waals surface area contributed by atoms with Crippen molar-refractivity contribution >= 4 is 5.82 Å². The number of nitrogens with zero attached hydrogens (tertiary/aromatic N) is 2. The van der Waals surface area contributed by atoms with E-state index < -0.39 is 28.5 Å². The van der Waals surface area contributed by atoms with E-state index >= 15 is 0 Å². The van der Waals surface area contributed by atoms with Crippen LogP contribution in [0.5, 0.6) is 5.75 Å². The van der Waals surface area contributed by atoms with Crippen molar-refractivity contribution in [2.75, 3.05) is 7.11 Å². The number of hydrogen-bond acceptors (Lipinski definition) is 5. The van der Waals surface area contributed by atoms with Gasteiger partial charge in [0.25, 0.3) is 6.43 Å². The van der Waals surface area contributed by atoms with Gasteiger partial charge in [0.2, 0.25) is 5.75 Å². The van der Waals surface area contributed by atoms with Crippen LogP contribution in [0.2, 0.25) is 0 Å². The van der Waals surface area contributed by atoms with E-state index in [-0.39, 0.29) is 12.2 Å². The van der Waals surface area contributed by atoms with Gasteiger partial charge in [-0.05, 0) is 16.0 Å². The third-order valence-electron chi connectivity index (χ3n) is 1.86. The number of hydrogen-bond donors (Lipinski definition) is 1. The molecule has 0 saturated heterocycles. The van der Waals surface area contributed by atoms with Crippen molar-refractivity contribution in [3.63, 3.8) is 0 Å². The van der Waals surface area contributed by atoms with Crippen molar-refractivity contribution in [3.05, 3.63) is 27.4 Å². The maximum Gasteiger partial charge on any atom is 0.406 e. The van der Waals surface area contributed by atoms with Gasteiger partial charge in [0.1, 0.15) is 0 Å². The Morgan fingerprint density at radius 2 is 2.31 bits per heavy atom. The van der Waals surface area contributed by atoms with E-state index in [1.807, 2.05) is 0 Å². The maximum atomic E-state index is 12.6. The molecule has 0 spiro atoms. The van der Waals surface area contributed by atoms with Gasteiger partial charge in [-0.1, -0.05) is 0 Å². The van der Waals surface area contributed by atoms with Crippen molar-refractivity contribution in [2.45, 2.75) is 13.0 Å². The van der Waals surface area contributed by atoms with Gasteiger partial charge in [-0.3, -0.25) is 0 Å². The van der Waals surface area contributed by atoms with E-state index in [4.69, 9.17) is 5.73 Å². The van der Waals surface area contributed by atoms with Gasteiger partial charge < -0.3 is 20.6 Å². The molecule has 16 heavy (non-hydrogen) atoms. The molecule has 0 unspecified atom stereocenters. The quantitative estimate of drug-likeness (QED) is 0.626. The number of nitro groups is 1. The van der Waals surface area contributed by atoms with Crippen molar-refractivity contribution in [1.29, 1.82) is 0 Å². The first kappa shape index (κ1) is 12.2. The highest BCUT2D eigenvalue weighted by Crippen LogP contribution is 2.35. The van der Waals surface area contributed by atoms with Crippen LogP contribution < -0.4 is 10.5 Å². The summed E-state index contributed by atoms with van der Waals surface area (Å²) in [7, 11) is 1.07. The van der Waals surface area contributed by atoms with Crippen LogP contribution in [0, 0.1) is 10.1 Å². The molecule has 0 bridgehead atoms. The monoisotopic (exact) mass is 233 g/mol. The molecular weight excluding hydrogens is 224 g/mol. The van der Waals surface area contributed by atoms with Crippen molar-refractivity contribution < 1.29 is 18.4 Å². The minimum atomic E-state index is -2.89. The molecule has 0 radical (unpaired) electrons. The highest BCUT2D eigenvalue weighted by Gasteiger charge is 2.27. The van der Waals surface area contributed by atoms with Crippen LogP contribution in [0.3, 0.4) is 0 Å². The number of methoxy groups -OCH3 is 1. The fraction of sp³-hybridized carbons (Fsp3) is 0.375. The molecule has 1 aromatic rings. The molecule has 0 aromatic carbocycles. The van der Waals surface area contributed by atoms with Crippen LogP contribution in [0.1, 0.15) is 17.7 Å². The second-order valence-electron chi connectivity index (χ2n) is 2.82. The standard InChI is InChI=1S/C8H9F2N3O3/c1-16-6-5(7(9)10)2-4(3-11)12-8(6)13(14)15/h2,7H,3,11H2,1H3. The Labute approximate surface area is 89.2 Å². The topological polar surface area (TPSA) is 91.3 Å². The van der Waals surface area contributed by atoms with E-state index in [9.17, 15) is 18.9 Å². The van der Waals surface area contributed by atoms with Crippen LogP contribution in [-0.4, -0.2) is 17.0 Å². The lowest BCUT2D eigenvalue weighted by Crippen LogP contribution is -2.07. The lowest BCUT2D eigenvalue weighted by molar-refractivity contribution is -0.390. The molecule has 88 valence electrons. The predicted octanol–water partition coefficient (Wildman–Crippen LogP) is 1.39. The molecule has 0 aliphatic heterocycles. The van der Waals surface area contributed by atoms with Gasteiger partial charge in [0, 0.05) is 0 Å². The molecule has 6 nitrogen and oxygen atoms in total. The average Bonchev–Trinajstić information content (AvgIpc) is 2.26. The zero-order valence-electron chi connectivity index (χ0n) is 8.31. The number of pyridine rings is 1. The first-order valence-electron chi connectivity index (χ1n) is 4.21. The smallest absolute Gasteiger partial charge is 0.406 e. The van der Waals surface area contributed by atoms with E-state index in [0.29, 0.717) is 0 Å². The number of ether oxygens (including phenoxy) is 1. The van der Waals surface area contributed by atoms with Gasteiger partial charge in [-0.15, -0.1) is 0 Å². The molecule has 0 amide bonds. The Kier molecular flexibility index (Phi) is 3.67. The normalized spacial score (nSPS) is 10.6. The molecule has 0 fully saturated rings. The van der Waals surface area contributed by atoms with Crippen LogP contribution in [0.4, 0.5) is 14.6 Å². The van der Waals surface area contributed by atoms with Gasteiger partial charge in [0.15, 0.2) is 5.69 Å². The van der Waals surface area contributed by atoms with Crippen LogP contribution in [0.25, 0.3) is 0 Å². The van der Waals surface area contributed by atoms with Crippen molar-refractivity contribution in [1.82, 2.24) is 4.98 Å². The molecule has 0 aliphatic rings. The minimum Gasteiger partial charge on any atom is -0.489 e. The van der Waals surface area contributed by atoms with Gasteiger partial charge in [-0.2, -0.15) is 0 Å². The zero-order chi connectivity index (χ0) is 12.3. The maximum absolute atomic E-state index is 12.6. The Morgan fingerprint density at radius 3 is 2.69 bits per heavy atom. The van der Waals surface area contributed by atoms with E-state index in [1.165, 1.54) is 0 Å². The Hall–Kier alpha value is -1.83. The van der Waals surface area contributed by atoms with E-state index in [0.717, 1.165) is 13.2 Å². The molecule has 0 aliphatic carbocycles.